The van der Waals surface area contributed by atoms with Crippen LogP contribution in [-0.4, -0.2) is 81.8 Å². The fourth-order valence-corrected chi connectivity index (χ4v) is 4.07. The number of rotatable bonds is 5. The van der Waals surface area contributed by atoms with Gasteiger partial charge < -0.3 is 30.7 Å². The molecule has 0 saturated carbocycles. The van der Waals surface area contributed by atoms with Gasteiger partial charge in [-0.2, -0.15) is 0 Å². The zero-order valence-corrected chi connectivity index (χ0v) is 15.5. The van der Waals surface area contributed by atoms with E-state index in [9.17, 15) is 20.1 Å². The van der Waals surface area contributed by atoms with Gasteiger partial charge in [0.15, 0.2) is 0 Å². The van der Waals surface area contributed by atoms with Crippen LogP contribution in [0, 0.1) is 5.92 Å². The highest BCUT2D eigenvalue weighted by atomic mass is 35.5. The molecule has 8 atom stereocenters. The molecule has 7 unspecified atom stereocenters. The minimum atomic E-state index is -1.35. The number of ether oxygens (including phenoxy) is 1. The van der Waals surface area contributed by atoms with E-state index in [1.807, 2.05) is 0 Å². The lowest BCUT2D eigenvalue weighted by Crippen LogP contribution is -2.64. The summed E-state index contributed by atoms with van der Waals surface area (Å²) in [6, 6.07) is -0.673. The van der Waals surface area contributed by atoms with Crippen molar-refractivity contribution in [3.05, 3.63) is 0 Å². The lowest BCUT2D eigenvalue weighted by Gasteiger charge is -2.44. The van der Waals surface area contributed by atoms with E-state index in [1.165, 1.54) is 11.8 Å². The Kier molecular flexibility index (Phi) is 7.60. The first-order valence-electron chi connectivity index (χ1n) is 8.24. The fraction of sp³-hybridized carbons (Fsp3) is 0.933. The summed E-state index contributed by atoms with van der Waals surface area (Å²) in [6.07, 6.45) is -1.32. The van der Waals surface area contributed by atoms with Gasteiger partial charge in [0.25, 0.3) is 0 Å². The molecule has 2 heterocycles. The van der Waals surface area contributed by atoms with Gasteiger partial charge in [-0.3, -0.25) is 4.79 Å². The maximum Gasteiger partial charge on any atom is 0.224 e. The molecule has 0 bridgehead atoms. The van der Waals surface area contributed by atoms with Crippen molar-refractivity contribution in [3.63, 3.8) is 0 Å². The average Bonchev–Trinajstić information content (AvgIpc) is 2.59. The maximum absolute atomic E-state index is 12.5. The van der Waals surface area contributed by atoms with E-state index in [1.54, 1.807) is 13.2 Å². The van der Waals surface area contributed by atoms with Crippen LogP contribution in [0.3, 0.4) is 0 Å². The van der Waals surface area contributed by atoms with Crippen LogP contribution in [0.5, 0.6) is 0 Å². The van der Waals surface area contributed by atoms with Crippen LogP contribution in [0.25, 0.3) is 0 Å². The second-order valence-corrected chi connectivity index (χ2v) is 8.06. The van der Waals surface area contributed by atoms with Crippen molar-refractivity contribution in [2.45, 2.75) is 61.0 Å². The van der Waals surface area contributed by atoms with E-state index >= 15 is 0 Å². The maximum atomic E-state index is 12.5. The molecule has 7 nitrogen and oxygen atoms in total. The Morgan fingerprint density at radius 2 is 2.04 bits per heavy atom. The summed E-state index contributed by atoms with van der Waals surface area (Å²) in [7, 11) is 0. The second-order valence-electron chi connectivity index (χ2n) is 6.43. The van der Waals surface area contributed by atoms with E-state index in [-0.39, 0.29) is 11.8 Å². The third kappa shape index (κ3) is 4.55. The predicted molar refractivity (Wildman–Crippen MR) is 93.0 cm³/mol. The fourth-order valence-electron chi connectivity index (χ4n) is 3.18. The molecule has 0 aliphatic carbocycles. The molecule has 5 N–H and O–H groups in total. The van der Waals surface area contributed by atoms with Crippen molar-refractivity contribution in [1.29, 1.82) is 0 Å². The summed E-state index contributed by atoms with van der Waals surface area (Å²) in [5.74, 6) is -0.291. The van der Waals surface area contributed by atoms with Crippen LogP contribution < -0.4 is 10.6 Å². The number of hydrogen-bond acceptors (Lipinski definition) is 7. The highest BCUT2D eigenvalue weighted by Gasteiger charge is 2.48. The lowest BCUT2D eigenvalue weighted by atomic mass is 9.92. The molecule has 0 spiro atoms. The van der Waals surface area contributed by atoms with Crippen molar-refractivity contribution in [1.82, 2.24) is 10.6 Å². The number of hydrogen-bond donors (Lipinski definition) is 5. The molecule has 0 aromatic heterocycles. The number of amides is 1. The molecule has 2 saturated heterocycles. The SMILES string of the molecule is CSC1OC(C(NC(=O)[C@H]2CCCNC2)C(C)Cl)C(O)C(O)C1O. The summed E-state index contributed by atoms with van der Waals surface area (Å²) in [4.78, 5) is 12.5. The van der Waals surface area contributed by atoms with Crippen LogP contribution in [0.2, 0.25) is 0 Å². The van der Waals surface area contributed by atoms with E-state index in [2.05, 4.69) is 10.6 Å². The Hall–Kier alpha value is -0.0900. The highest BCUT2D eigenvalue weighted by Crippen LogP contribution is 2.30. The number of aliphatic hydroxyl groups is 3. The number of aliphatic hydroxyl groups excluding tert-OH is 3. The first-order chi connectivity index (χ1) is 11.4. The molecule has 2 rings (SSSR count). The topological polar surface area (TPSA) is 111 Å². The number of carbonyl (C=O) groups excluding carboxylic acids is 1. The first-order valence-corrected chi connectivity index (χ1v) is 9.96. The number of piperidine rings is 1. The zero-order valence-electron chi connectivity index (χ0n) is 13.9. The Labute approximate surface area is 151 Å². The molecule has 2 aliphatic rings. The molecular weight excluding hydrogens is 356 g/mol. The number of carbonyl (C=O) groups is 1. The van der Waals surface area contributed by atoms with Crippen LogP contribution in [0.15, 0.2) is 0 Å². The summed E-state index contributed by atoms with van der Waals surface area (Å²) in [5, 5.41) is 35.9. The Morgan fingerprint density at radius 3 is 2.58 bits per heavy atom. The van der Waals surface area contributed by atoms with E-state index < -0.39 is 41.3 Å². The zero-order chi connectivity index (χ0) is 17.9. The third-order valence-corrected chi connectivity index (χ3v) is 5.79. The summed E-state index contributed by atoms with van der Waals surface area (Å²) < 4.78 is 5.73. The van der Waals surface area contributed by atoms with Gasteiger partial charge in [0, 0.05) is 6.54 Å². The van der Waals surface area contributed by atoms with Crippen molar-refractivity contribution in [2.24, 2.45) is 5.92 Å². The monoisotopic (exact) mass is 382 g/mol. The van der Waals surface area contributed by atoms with Crippen LogP contribution >= 0.6 is 23.4 Å². The lowest BCUT2D eigenvalue weighted by molar-refractivity contribution is -0.205. The first kappa shape index (κ1) is 20.2. The Balaban J connectivity index is 2.09. The third-order valence-electron chi connectivity index (χ3n) is 4.66. The average molecular weight is 383 g/mol. The molecule has 1 amide bonds. The van der Waals surface area contributed by atoms with Gasteiger partial charge in [-0.15, -0.1) is 23.4 Å². The van der Waals surface area contributed by atoms with Gasteiger partial charge in [-0.25, -0.2) is 0 Å². The largest absolute Gasteiger partial charge is 0.388 e. The summed E-state index contributed by atoms with van der Waals surface area (Å²) in [5.41, 5.74) is -0.695. The normalized spacial score (nSPS) is 39.9. The van der Waals surface area contributed by atoms with Crippen molar-refractivity contribution in [3.8, 4) is 0 Å². The number of nitrogens with one attached hydrogen (secondary N) is 2. The summed E-state index contributed by atoms with van der Waals surface area (Å²) >= 11 is 7.46. The van der Waals surface area contributed by atoms with Crippen LogP contribution in [0.4, 0.5) is 0 Å². The second kappa shape index (κ2) is 9.02. The Morgan fingerprint density at radius 1 is 1.33 bits per heavy atom. The van der Waals surface area contributed by atoms with Gasteiger partial charge >= 0.3 is 0 Å². The number of alkyl halides is 1. The van der Waals surface area contributed by atoms with Gasteiger partial charge in [-0.05, 0) is 32.6 Å². The van der Waals surface area contributed by atoms with Gasteiger partial charge in [0.05, 0.1) is 17.3 Å². The van der Waals surface area contributed by atoms with Crippen molar-refractivity contribution >= 4 is 29.3 Å². The standard InChI is InChI=1S/C15H27ClN2O5S/c1-7(16)9(18-14(22)8-4-3-5-17-6-8)13-11(20)10(19)12(21)15(23-13)24-2/h7-13,15,17,19-21H,3-6H2,1-2H3,(H,18,22)/t7?,8-,9?,10?,11?,12?,13?,15?/m0/s1. The van der Waals surface area contributed by atoms with Gasteiger partial charge in [-0.1, -0.05) is 0 Å². The van der Waals surface area contributed by atoms with Crippen LogP contribution in [0.1, 0.15) is 19.8 Å². The quantitative estimate of drug-likeness (QED) is 0.398. The molecule has 24 heavy (non-hydrogen) atoms. The van der Waals surface area contributed by atoms with E-state index in [0.29, 0.717) is 6.54 Å². The highest BCUT2D eigenvalue weighted by molar-refractivity contribution is 7.99. The molecule has 0 radical (unpaired) electrons. The van der Waals surface area contributed by atoms with Crippen molar-refractivity contribution < 1.29 is 24.9 Å². The molecule has 9 heteroatoms. The smallest absolute Gasteiger partial charge is 0.224 e. The number of thioether (sulfide) groups is 1. The minimum Gasteiger partial charge on any atom is -0.388 e. The molecule has 2 fully saturated rings. The molecule has 0 aromatic rings. The summed E-state index contributed by atoms with van der Waals surface area (Å²) in [6.45, 7) is 3.22. The van der Waals surface area contributed by atoms with Crippen LogP contribution in [-0.2, 0) is 9.53 Å². The van der Waals surface area contributed by atoms with E-state index in [0.717, 1.165) is 19.4 Å². The molecule has 0 aromatic carbocycles. The predicted octanol–water partition coefficient (Wildman–Crippen LogP) is -0.731. The van der Waals surface area contributed by atoms with Gasteiger partial charge in [0.1, 0.15) is 29.9 Å². The van der Waals surface area contributed by atoms with E-state index in [4.69, 9.17) is 16.3 Å². The molecule has 140 valence electrons. The molecular formula is C15H27ClN2O5S. The minimum absolute atomic E-state index is 0.142. The Bertz CT molecular complexity index is 423. The van der Waals surface area contributed by atoms with Crippen molar-refractivity contribution in [2.75, 3.05) is 19.3 Å². The molecule has 2 aliphatic heterocycles. The number of halogens is 1. The van der Waals surface area contributed by atoms with Gasteiger partial charge in [0.2, 0.25) is 5.91 Å².